The predicted octanol–water partition coefficient (Wildman–Crippen LogP) is 5.02. The average molecular weight is 340 g/mol. The smallest absolute Gasteiger partial charge is 0.381 e. The van der Waals surface area contributed by atoms with Gasteiger partial charge in [0.15, 0.2) is 0 Å². The van der Waals surface area contributed by atoms with Gasteiger partial charge in [-0.15, -0.1) is 0 Å². The highest BCUT2D eigenvalue weighted by molar-refractivity contribution is 5.86. The first-order chi connectivity index (χ1) is 12.1. The van der Waals surface area contributed by atoms with E-state index in [0.717, 1.165) is 31.2 Å². The number of esters is 1. The van der Waals surface area contributed by atoms with Crippen molar-refractivity contribution in [3.8, 4) is 5.75 Å². The highest BCUT2D eigenvalue weighted by Gasteiger charge is 2.12. The van der Waals surface area contributed by atoms with Crippen LogP contribution >= 0.6 is 0 Å². The monoisotopic (exact) mass is 340 g/mol. The molecule has 0 N–H and O–H groups in total. The second-order valence-corrected chi connectivity index (χ2v) is 6.62. The molecule has 1 atom stereocenters. The molecule has 134 valence electrons. The fourth-order valence-corrected chi connectivity index (χ4v) is 2.56. The van der Waals surface area contributed by atoms with Crippen molar-refractivity contribution in [2.45, 2.75) is 59.3 Å². The van der Waals surface area contributed by atoms with Gasteiger partial charge in [0.2, 0.25) is 5.82 Å². The number of carbonyl (C=O) groups excluding carboxylic acids is 1. The number of benzene rings is 1. The Bertz CT molecular complexity index is 651. The van der Waals surface area contributed by atoms with Gasteiger partial charge >= 0.3 is 5.97 Å². The number of hydrogen-bond acceptors (Lipinski definition) is 4. The molecule has 0 saturated heterocycles. The lowest BCUT2D eigenvalue weighted by molar-refractivity contribution is 0.0721. The Morgan fingerprint density at radius 1 is 1.04 bits per heavy atom. The molecule has 0 aliphatic rings. The molecule has 0 aliphatic heterocycles. The number of carbonyl (C=O) groups is 1. The summed E-state index contributed by atoms with van der Waals surface area (Å²) in [5.74, 6) is 0.754. The van der Waals surface area contributed by atoms with Crippen molar-refractivity contribution in [3.05, 3.63) is 53.6 Å². The fraction of sp³-hybridized carbons (Fsp3) is 0.476. The van der Waals surface area contributed by atoms with Crippen LogP contribution in [-0.2, 0) is 12.8 Å². The molecule has 4 nitrogen and oxygen atoms in total. The minimum absolute atomic E-state index is 0.0999. The highest BCUT2D eigenvalue weighted by atomic mass is 16.5. The summed E-state index contributed by atoms with van der Waals surface area (Å²) < 4.78 is 5.36. The molecule has 4 heteroatoms. The first-order valence-electron chi connectivity index (χ1n) is 9.24. The van der Waals surface area contributed by atoms with E-state index in [9.17, 15) is 4.79 Å². The first-order valence-corrected chi connectivity index (χ1v) is 9.24. The van der Waals surface area contributed by atoms with E-state index < -0.39 is 5.97 Å². The molecule has 0 aliphatic carbocycles. The van der Waals surface area contributed by atoms with E-state index in [2.05, 4.69) is 30.7 Å². The lowest BCUT2D eigenvalue weighted by atomic mass is 9.99. The van der Waals surface area contributed by atoms with Crippen molar-refractivity contribution in [2.75, 3.05) is 0 Å². The largest absolute Gasteiger partial charge is 0.421 e. The minimum atomic E-state index is -0.519. The van der Waals surface area contributed by atoms with Crippen molar-refractivity contribution >= 4 is 5.97 Å². The van der Waals surface area contributed by atoms with E-state index in [0.29, 0.717) is 11.7 Å². The molecule has 0 spiro atoms. The lowest BCUT2D eigenvalue weighted by Crippen LogP contribution is -2.13. The minimum Gasteiger partial charge on any atom is -0.421 e. The third kappa shape index (κ3) is 6.29. The molecular formula is C21H28N2O2. The Morgan fingerprint density at radius 3 is 2.32 bits per heavy atom. The number of rotatable bonds is 9. The lowest BCUT2D eigenvalue weighted by Gasteiger charge is -2.09. The van der Waals surface area contributed by atoms with E-state index >= 15 is 0 Å². The molecule has 0 radical (unpaired) electrons. The van der Waals surface area contributed by atoms with Crippen LogP contribution in [0.2, 0.25) is 0 Å². The number of hydrogen-bond donors (Lipinski definition) is 0. The number of unbranched alkanes of at least 4 members (excludes halogenated alkanes) is 2. The molecule has 25 heavy (non-hydrogen) atoms. The van der Waals surface area contributed by atoms with Crippen molar-refractivity contribution in [2.24, 2.45) is 5.92 Å². The topological polar surface area (TPSA) is 52.1 Å². The normalized spacial score (nSPS) is 12.0. The molecule has 0 saturated carbocycles. The van der Waals surface area contributed by atoms with Crippen LogP contribution in [0.3, 0.4) is 0 Å². The molecular weight excluding hydrogens is 312 g/mol. The molecule has 1 aromatic heterocycles. The third-order valence-electron chi connectivity index (χ3n) is 4.37. The maximum atomic E-state index is 12.1. The summed E-state index contributed by atoms with van der Waals surface area (Å²) >= 11 is 0. The Morgan fingerprint density at radius 2 is 1.72 bits per heavy atom. The maximum Gasteiger partial charge on any atom is 0.381 e. The standard InChI is InChI=1S/C21H28N2O2/c1-4-6-7-8-18-14-22-20(23-15-18)21(24)25-19-11-9-17(10-12-19)13-16(3)5-2/h9-12,14-16H,4-8,13H2,1-3H3. The summed E-state index contributed by atoms with van der Waals surface area (Å²) in [6.07, 6.45) is 10.1. The van der Waals surface area contributed by atoms with E-state index in [-0.39, 0.29) is 5.82 Å². The summed E-state index contributed by atoms with van der Waals surface area (Å²) in [7, 11) is 0. The van der Waals surface area contributed by atoms with Crippen LogP contribution in [-0.4, -0.2) is 15.9 Å². The van der Waals surface area contributed by atoms with E-state index in [1.807, 2.05) is 24.3 Å². The van der Waals surface area contributed by atoms with Gasteiger partial charge in [-0.3, -0.25) is 0 Å². The summed E-state index contributed by atoms with van der Waals surface area (Å²) in [4.78, 5) is 20.4. The SMILES string of the molecule is CCCCCc1cnc(C(=O)Oc2ccc(CC(C)CC)cc2)nc1. The average Bonchev–Trinajstić information content (AvgIpc) is 2.64. The zero-order chi connectivity index (χ0) is 18.1. The van der Waals surface area contributed by atoms with Gasteiger partial charge in [0.05, 0.1) is 0 Å². The van der Waals surface area contributed by atoms with Gasteiger partial charge in [0.1, 0.15) is 5.75 Å². The van der Waals surface area contributed by atoms with Crippen LogP contribution in [0.1, 0.15) is 68.2 Å². The van der Waals surface area contributed by atoms with Crippen molar-refractivity contribution in [1.29, 1.82) is 0 Å². The zero-order valence-corrected chi connectivity index (χ0v) is 15.5. The number of aromatic nitrogens is 2. The van der Waals surface area contributed by atoms with Gasteiger partial charge in [0.25, 0.3) is 0 Å². The summed E-state index contributed by atoms with van der Waals surface area (Å²) in [6, 6.07) is 7.67. The second kappa shape index (κ2) is 9.92. The molecule has 0 amide bonds. The molecule has 2 rings (SSSR count). The van der Waals surface area contributed by atoms with Crippen LogP contribution in [0.15, 0.2) is 36.7 Å². The van der Waals surface area contributed by atoms with Crippen molar-refractivity contribution in [1.82, 2.24) is 9.97 Å². The zero-order valence-electron chi connectivity index (χ0n) is 15.5. The Labute approximate surface area is 150 Å². The molecule has 1 aromatic carbocycles. The molecule has 1 heterocycles. The van der Waals surface area contributed by atoms with Gasteiger partial charge in [-0.05, 0) is 48.4 Å². The van der Waals surface area contributed by atoms with E-state index in [4.69, 9.17) is 4.74 Å². The Balaban J connectivity index is 1.90. The Kier molecular flexibility index (Phi) is 7.58. The van der Waals surface area contributed by atoms with Gasteiger partial charge in [-0.1, -0.05) is 52.2 Å². The summed E-state index contributed by atoms with van der Waals surface area (Å²) in [6.45, 7) is 6.60. The number of aryl methyl sites for hydroxylation is 1. The molecule has 1 unspecified atom stereocenters. The molecule has 0 fully saturated rings. The number of ether oxygens (including phenoxy) is 1. The van der Waals surface area contributed by atoms with Crippen molar-refractivity contribution in [3.63, 3.8) is 0 Å². The van der Waals surface area contributed by atoms with E-state index in [1.54, 1.807) is 12.4 Å². The van der Waals surface area contributed by atoms with Gasteiger partial charge in [-0.2, -0.15) is 0 Å². The van der Waals surface area contributed by atoms with Crippen LogP contribution in [0.5, 0.6) is 5.75 Å². The number of nitrogens with zero attached hydrogens (tertiary/aromatic N) is 2. The van der Waals surface area contributed by atoms with Gasteiger partial charge in [0, 0.05) is 12.4 Å². The van der Waals surface area contributed by atoms with Gasteiger partial charge < -0.3 is 4.74 Å². The van der Waals surface area contributed by atoms with Gasteiger partial charge in [-0.25, -0.2) is 14.8 Å². The van der Waals surface area contributed by atoms with Crippen LogP contribution < -0.4 is 4.74 Å². The third-order valence-corrected chi connectivity index (χ3v) is 4.37. The summed E-state index contributed by atoms with van der Waals surface area (Å²) in [5.41, 5.74) is 2.31. The highest BCUT2D eigenvalue weighted by Crippen LogP contribution is 2.17. The first kappa shape index (κ1) is 19.1. The van der Waals surface area contributed by atoms with Crippen LogP contribution in [0.4, 0.5) is 0 Å². The maximum absolute atomic E-state index is 12.1. The van der Waals surface area contributed by atoms with E-state index in [1.165, 1.54) is 18.4 Å². The molecule has 2 aromatic rings. The van der Waals surface area contributed by atoms with Crippen molar-refractivity contribution < 1.29 is 9.53 Å². The molecule has 0 bridgehead atoms. The van der Waals surface area contributed by atoms with Crippen LogP contribution in [0, 0.1) is 5.92 Å². The Hall–Kier alpha value is -2.23. The fourth-order valence-electron chi connectivity index (χ4n) is 2.56. The second-order valence-electron chi connectivity index (χ2n) is 6.62. The summed E-state index contributed by atoms with van der Waals surface area (Å²) in [5, 5.41) is 0. The predicted molar refractivity (Wildman–Crippen MR) is 99.8 cm³/mol. The van der Waals surface area contributed by atoms with Crippen LogP contribution in [0.25, 0.3) is 0 Å². The quantitative estimate of drug-likeness (QED) is 0.365.